The molecule has 2 rings (SSSR count). The molecule has 0 bridgehead atoms. The van der Waals surface area contributed by atoms with Crippen LogP contribution in [0.5, 0.6) is 0 Å². The monoisotopic (exact) mass is 263 g/mol. The second-order valence-corrected chi connectivity index (χ2v) is 4.81. The summed E-state index contributed by atoms with van der Waals surface area (Å²) in [6, 6.07) is 4.02. The summed E-state index contributed by atoms with van der Waals surface area (Å²) in [7, 11) is 1.74. The number of carbonyl (C=O) groups excluding carboxylic acids is 1. The van der Waals surface area contributed by atoms with Gasteiger partial charge in [-0.1, -0.05) is 6.07 Å². The number of halogens is 1. The molecule has 0 spiro atoms. The normalized spacial score (nSPS) is 15.4. The Morgan fingerprint density at radius 3 is 2.89 bits per heavy atom. The Labute approximate surface area is 112 Å². The van der Waals surface area contributed by atoms with Gasteiger partial charge in [-0.3, -0.25) is 10.2 Å². The molecule has 1 aromatic carbocycles. The van der Waals surface area contributed by atoms with Crippen LogP contribution in [0.1, 0.15) is 25.0 Å². The Hall–Kier alpha value is -1.91. The lowest BCUT2D eigenvalue weighted by Crippen LogP contribution is -2.45. The van der Waals surface area contributed by atoms with Gasteiger partial charge < -0.3 is 9.80 Å². The molecule has 0 radical (unpaired) electrons. The fourth-order valence-electron chi connectivity index (χ4n) is 2.26. The smallest absolute Gasteiger partial charge is 0.244 e. The Bertz CT molecular complexity index is 529. The second-order valence-electron chi connectivity index (χ2n) is 4.81. The third-order valence-corrected chi connectivity index (χ3v) is 3.63. The number of nitrogens with zero attached hydrogens (tertiary/aromatic N) is 2. The predicted octanol–water partition coefficient (Wildman–Crippen LogP) is 1.83. The standard InChI is InChI=1S/C14H18FN3O/c1-4-17(3)14(19)9(2)18-8-10-5-6-11(15)7-12(10)13(18)16/h5-7,9,16H,4,8H2,1-3H3. The molecule has 0 saturated heterocycles. The molecule has 0 saturated carbocycles. The summed E-state index contributed by atoms with van der Waals surface area (Å²) >= 11 is 0. The molecular weight excluding hydrogens is 245 g/mol. The highest BCUT2D eigenvalue weighted by atomic mass is 19.1. The highest BCUT2D eigenvalue weighted by Crippen LogP contribution is 2.25. The SMILES string of the molecule is CCN(C)C(=O)C(C)N1Cc2ccc(F)cc2C1=N. The molecule has 1 aromatic rings. The molecule has 1 aliphatic heterocycles. The van der Waals surface area contributed by atoms with E-state index in [0.29, 0.717) is 18.7 Å². The molecule has 4 nitrogen and oxygen atoms in total. The topological polar surface area (TPSA) is 47.4 Å². The van der Waals surface area contributed by atoms with Crippen LogP contribution in [0.3, 0.4) is 0 Å². The number of hydrogen-bond acceptors (Lipinski definition) is 2. The maximum absolute atomic E-state index is 13.2. The highest BCUT2D eigenvalue weighted by molar-refractivity contribution is 6.02. The van der Waals surface area contributed by atoms with Gasteiger partial charge in [0.25, 0.3) is 0 Å². The molecule has 1 atom stereocenters. The van der Waals surface area contributed by atoms with Gasteiger partial charge in [0, 0.05) is 25.7 Å². The lowest BCUT2D eigenvalue weighted by atomic mass is 10.1. The quantitative estimate of drug-likeness (QED) is 0.904. The van der Waals surface area contributed by atoms with Gasteiger partial charge in [0.2, 0.25) is 5.91 Å². The van der Waals surface area contributed by atoms with E-state index in [-0.39, 0.29) is 17.6 Å². The van der Waals surface area contributed by atoms with E-state index in [1.54, 1.807) is 29.8 Å². The first-order valence-corrected chi connectivity index (χ1v) is 6.34. The van der Waals surface area contributed by atoms with Crippen LogP contribution < -0.4 is 0 Å². The lowest BCUT2D eigenvalue weighted by molar-refractivity contribution is -0.133. The first-order chi connectivity index (χ1) is 8.95. The Morgan fingerprint density at radius 2 is 2.26 bits per heavy atom. The zero-order chi connectivity index (χ0) is 14.2. The number of amides is 1. The van der Waals surface area contributed by atoms with Crippen LogP contribution in [0.25, 0.3) is 0 Å². The van der Waals surface area contributed by atoms with Crippen molar-refractivity contribution in [2.45, 2.75) is 26.4 Å². The van der Waals surface area contributed by atoms with E-state index in [9.17, 15) is 9.18 Å². The highest BCUT2D eigenvalue weighted by Gasteiger charge is 2.32. The van der Waals surface area contributed by atoms with Gasteiger partial charge in [0.1, 0.15) is 17.7 Å². The Kier molecular flexibility index (Phi) is 3.55. The first kappa shape index (κ1) is 13.5. The van der Waals surface area contributed by atoms with Crippen molar-refractivity contribution in [1.29, 1.82) is 5.41 Å². The summed E-state index contributed by atoms with van der Waals surface area (Å²) in [5.41, 5.74) is 1.48. The van der Waals surface area contributed by atoms with Crippen molar-refractivity contribution >= 4 is 11.7 Å². The summed E-state index contributed by atoms with van der Waals surface area (Å²) in [5, 5.41) is 8.09. The fourth-order valence-corrected chi connectivity index (χ4v) is 2.26. The van der Waals surface area contributed by atoms with Crippen molar-refractivity contribution in [2.75, 3.05) is 13.6 Å². The number of fused-ring (bicyclic) bond motifs is 1. The third kappa shape index (κ3) is 2.32. The molecule has 102 valence electrons. The van der Waals surface area contributed by atoms with Crippen molar-refractivity contribution in [3.63, 3.8) is 0 Å². The minimum absolute atomic E-state index is 0.0273. The van der Waals surface area contributed by atoms with E-state index in [2.05, 4.69) is 0 Å². The molecule has 1 unspecified atom stereocenters. The molecule has 5 heteroatoms. The van der Waals surface area contributed by atoms with Gasteiger partial charge in [0.15, 0.2) is 0 Å². The zero-order valence-electron chi connectivity index (χ0n) is 11.4. The average molecular weight is 263 g/mol. The van der Waals surface area contributed by atoms with E-state index in [0.717, 1.165) is 5.56 Å². The zero-order valence-corrected chi connectivity index (χ0v) is 11.4. The van der Waals surface area contributed by atoms with Gasteiger partial charge >= 0.3 is 0 Å². The van der Waals surface area contributed by atoms with Crippen molar-refractivity contribution < 1.29 is 9.18 Å². The van der Waals surface area contributed by atoms with Crippen LogP contribution >= 0.6 is 0 Å². The van der Waals surface area contributed by atoms with Crippen molar-refractivity contribution in [2.24, 2.45) is 0 Å². The van der Waals surface area contributed by atoms with E-state index < -0.39 is 6.04 Å². The predicted molar refractivity (Wildman–Crippen MR) is 71.5 cm³/mol. The summed E-state index contributed by atoms with van der Waals surface area (Å²) < 4.78 is 13.2. The summed E-state index contributed by atoms with van der Waals surface area (Å²) in [5.74, 6) is -0.157. The minimum atomic E-state index is -0.409. The Morgan fingerprint density at radius 1 is 1.58 bits per heavy atom. The van der Waals surface area contributed by atoms with Gasteiger partial charge in [-0.15, -0.1) is 0 Å². The van der Waals surface area contributed by atoms with Gasteiger partial charge in [-0.25, -0.2) is 4.39 Å². The van der Waals surface area contributed by atoms with Crippen molar-refractivity contribution in [3.05, 3.63) is 35.1 Å². The number of hydrogen-bond donors (Lipinski definition) is 1. The van der Waals surface area contributed by atoms with E-state index in [1.165, 1.54) is 12.1 Å². The number of likely N-dealkylation sites (N-methyl/N-ethyl adjacent to an activating group) is 1. The van der Waals surface area contributed by atoms with Crippen LogP contribution in [-0.2, 0) is 11.3 Å². The van der Waals surface area contributed by atoms with Gasteiger partial charge in [-0.05, 0) is 31.5 Å². The molecule has 1 N–H and O–H groups in total. The number of carbonyl (C=O) groups is 1. The number of amidine groups is 1. The minimum Gasteiger partial charge on any atom is -0.344 e. The van der Waals surface area contributed by atoms with E-state index >= 15 is 0 Å². The maximum atomic E-state index is 13.2. The number of benzene rings is 1. The molecule has 0 fully saturated rings. The number of nitrogens with one attached hydrogen (secondary N) is 1. The maximum Gasteiger partial charge on any atom is 0.244 e. The van der Waals surface area contributed by atoms with Crippen molar-refractivity contribution in [1.82, 2.24) is 9.80 Å². The summed E-state index contributed by atoms with van der Waals surface area (Å²) in [6.45, 7) is 4.81. The van der Waals surface area contributed by atoms with Crippen LogP contribution in [-0.4, -0.2) is 41.2 Å². The molecule has 0 aromatic heterocycles. The van der Waals surface area contributed by atoms with E-state index in [1.807, 2.05) is 6.92 Å². The average Bonchev–Trinajstić information content (AvgIpc) is 2.73. The molecule has 0 aliphatic carbocycles. The lowest BCUT2D eigenvalue weighted by Gasteiger charge is -2.28. The number of rotatable bonds is 3. The molecule has 1 heterocycles. The summed E-state index contributed by atoms with van der Waals surface area (Å²) in [4.78, 5) is 15.5. The molecule has 1 amide bonds. The third-order valence-electron chi connectivity index (χ3n) is 3.63. The largest absolute Gasteiger partial charge is 0.344 e. The van der Waals surface area contributed by atoms with Gasteiger partial charge in [-0.2, -0.15) is 0 Å². The van der Waals surface area contributed by atoms with Crippen LogP contribution in [0.15, 0.2) is 18.2 Å². The van der Waals surface area contributed by atoms with Gasteiger partial charge in [0.05, 0.1) is 0 Å². The van der Waals surface area contributed by atoms with Crippen LogP contribution in [0, 0.1) is 11.2 Å². The molecule has 19 heavy (non-hydrogen) atoms. The summed E-state index contributed by atoms with van der Waals surface area (Å²) in [6.07, 6.45) is 0. The van der Waals surface area contributed by atoms with Crippen LogP contribution in [0.4, 0.5) is 4.39 Å². The molecular formula is C14H18FN3O. The van der Waals surface area contributed by atoms with Crippen LogP contribution in [0.2, 0.25) is 0 Å². The second kappa shape index (κ2) is 4.99. The fraction of sp³-hybridized carbons (Fsp3) is 0.429. The van der Waals surface area contributed by atoms with E-state index in [4.69, 9.17) is 5.41 Å². The van der Waals surface area contributed by atoms with Crippen molar-refractivity contribution in [3.8, 4) is 0 Å². The first-order valence-electron chi connectivity index (χ1n) is 6.34. The molecule has 1 aliphatic rings. The Balaban J connectivity index is 2.22.